The average Bonchev–Trinajstić information content (AvgIpc) is 2.68. The standard InChI is InChI=1S/C11H11BrN2O/c12-9-3-1-8(2-4-9)10-7-15-11(14-10)5-6-13/h1-4,7H,5-6,13H2. The summed E-state index contributed by atoms with van der Waals surface area (Å²) < 4.78 is 6.34. The molecule has 0 aliphatic heterocycles. The number of nitrogens with two attached hydrogens (primary N) is 1. The molecular weight excluding hydrogens is 256 g/mol. The summed E-state index contributed by atoms with van der Waals surface area (Å²) in [7, 11) is 0. The minimum atomic E-state index is 0.556. The molecule has 1 heterocycles. The van der Waals surface area contributed by atoms with Crippen molar-refractivity contribution in [3.05, 3.63) is 40.9 Å². The minimum absolute atomic E-state index is 0.556. The maximum atomic E-state index is 5.42. The summed E-state index contributed by atoms with van der Waals surface area (Å²) in [4.78, 5) is 4.34. The molecule has 2 aromatic rings. The van der Waals surface area contributed by atoms with Gasteiger partial charge in [-0.2, -0.15) is 0 Å². The maximum Gasteiger partial charge on any atom is 0.195 e. The lowest BCUT2D eigenvalue weighted by molar-refractivity contribution is 0.496. The molecule has 0 radical (unpaired) electrons. The Labute approximate surface area is 96.4 Å². The monoisotopic (exact) mass is 266 g/mol. The molecule has 0 unspecified atom stereocenters. The third-order valence-corrected chi connectivity index (χ3v) is 2.58. The smallest absolute Gasteiger partial charge is 0.195 e. The normalized spacial score (nSPS) is 10.5. The molecule has 3 nitrogen and oxygen atoms in total. The lowest BCUT2D eigenvalue weighted by Crippen LogP contribution is -2.02. The molecule has 2 rings (SSSR count). The van der Waals surface area contributed by atoms with Crippen molar-refractivity contribution in [2.45, 2.75) is 6.42 Å². The fraction of sp³-hybridized carbons (Fsp3) is 0.182. The van der Waals surface area contributed by atoms with E-state index >= 15 is 0 Å². The van der Waals surface area contributed by atoms with E-state index in [1.165, 1.54) is 0 Å². The fourth-order valence-electron chi connectivity index (χ4n) is 1.30. The van der Waals surface area contributed by atoms with Crippen LogP contribution in [-0.2, 0) is 6.42 Å². The van der Waals surface area contributed by atoms with E-state index in [1.807, 2.05) is 24.3 Å². The Bertz CT molecular complexity index is 436. The first kappa shape index (κ1) is 10.4. The van der Waals surface area contributed by atoms with E-state index in [1.54, 1.807) is 6.26 Å². The average molecular weight is 267 g/mol. The number of hydrogen-bond donors (Lipinski definition) is 1. The molecule has 0 aliphatic carbocycles. The Morgan fingerprint density at radius 1 is 1.27 bits per heavy atom. The molecule has 0 saturated carbocycles. The summed E-state index contributed by atoms with van der Waals surface area (Å²) in [6.45, 7) is 0.556. The van der Waals surface area contributed by atoms with Crippen LogP contribution in [0.5, 0.6) is 0 Å². The van der Waals surface area contributed by atoms with Crippen LogP contribution in [0.4, 0.5) is 0 Å². The molecule has 1 aromatic heterocycles. The van der Waals surface area contributed by atoms with Gasteiger partial charge in [-0.25, -0.2) is 4.98 Å². The van der Waals surface area contributed by atoms with Gasteiger partial charge < -0.3 is 10.2 Å². The van der Waals surface area contributed by atoms with E-state index in [4.69, 9.17) is 10.2 Å². The van der Waals surface area contributed by atoms with Crippen LogP contribution >= 0.6 is 15.9 Å². The second-order valence-corrected chi connectivity index (χ2v) is 4.09. The van der Waals surface area contributed by atoms with Crippen LogP contribution in [0.25, 0.3) is 11.3 Å². The Balaban J connectivity index is 2.25. The first-order valence-corrected chi connectivity index (χ1v) is 5.49. The zero-order chi connectivity index (χ0) is 10.7. The van der Waals surface area contributed by atoms with Crippen LogP contribution < -0.4 is 5.73 Å². The summed E-state index contributed by atoms with van der Waals surface area (Å²) in [5, 5.41) is 0. The molecule has 1 aromatic carbocycles. The Morgan fingerprint density at radius 2 is 2.00 bits per heavy atom. The second kappa shape index (κ2) is 4.59. The highest BCUT2D eigenvalue weighted by molar-refractivity contribution is 9.10. The highest BCUT2D eigenvalue weighted by atomic mass is 79.9. The van der Waals surface area contributed by atoms with E-state index in [2.05, 4.69) is 20.9 Å². The lowest BCUT2D eigenvalue weighted by Gasteiger charge is -1.94. The van der Waals surface area contributed by atoms with Gasteiger partial charge in [0.1, 0.15) is 12.0 Å². The Hall–Kier alpha value is -1.13. The third kappa shape index (κ3) is 2.46. The van der Waals surface area contributed by atoms with E-state index in [0.717, 1.165) is 15.7 Å². The number of benzene rings is 1. The van der Waals surface area contributed by atoms with Crippen molar-refractivity contribution in [3.63, 3.8) is 0 Å². The Kier molecular flexibility index (Phi) is 3.18. The van der Waals surface area contributed by atoms with Crippen LogP contribution in [0.2, 0.25) is 0 Å². The number of hydrogen-bond acceptors (Lipinski definition) is 3. The van der Waals surface area contributed by atoms with Crippen LogP contribution in [0.3, 0.4) is 0 Å². The van der Waals surface area contributed by atoms with Crippen molar-refractivity contribution in [1.82, 2.24) is 4.98 Å². The topological polar surface area (TPSA) is 52.0 Å². The van der Waals surface area contributed by atoms with Gasteiger partial charge >= 0.3 is 0 Å². The molecule has 0 saturated heterocycles. The third-order valence-electron chi connectivity index (χ3n) is 2.05. The molecule has 0 bridgehead atoms. The summed E-state index contributed by atoms with van der Waals surface area (Å²) >= 11 is 3.39. The molecule has 4 heteroatoms. The molecule has 0 fully saturated rings. The number of nitrogens with zero attached hydrogens (tertiary/aromatic N) is 1. The van der Waals surface area contributed by atoms with Crippen LogP contribution in [0, 0.1) is 0 Å². The van der Waals surface area contributed by atoms with Gasteiger partial charge in [0.2, 0.25) is 0 Å². The molecular formula is C11H11BrN2O. The van der Waals surface area contributed by atoms with Gasteiger partial charge in [-0.3, -0.25) is 0 Å². The highest BCUT2D eigenvalue weighted by Gasteiger charge is 2.04. The van der Waals surface area contributed by atoms with Gasteiger partial charge in [-0.15, -0.1) is 0 Å². The summed E-state index contributed by atoms with van der Waals surface area (Å²) in [6.07, 6.45) is 2.34. The van der Waals surface area contributed by atoms with E-state index in [-0.39, 0.29) is 0 Å². The SMILES string of the molecule is NCCc1nc(-c2ccc(Br)cc2)co1. The van der Waals surface area contributed by atoms with Gasteiger partial charge in [0.15, 0.2) is 5.89 Å². The van der Waals surface area contributed by atoms with E-state index in [9.17, 15) is 0 Å². The summed E-state index contributed by atoms with van der Waals surface area (Å²) in [5.41, 5.74) is 7.32. The Morgan fingerprint density at radius 3 is 2.67 bits per heavy atom. The van der Waals surface area contributed by atoms with Crippen molar-refractivity contribution in [1.29, 1.82) is 0 Å². The van der Waals surface area contributed by atoms with Crippen molar-refractivity contribution in [2.75, 3.05) is 6.54 Å². The van der Waals surface area contributed by atoms with Crippen molar-refractivity contribution >= 4 is 15.9 Å². The van der Waals surface area contributed by atoms with Crippen molar-refractivity contribution < 1.29 is 4.42 Å². The predicted octanol–water partition coefficient (Wildman–Crippen LogP) is 2.61. The van der Waals surface area contributed by atoms with Crippen LogP contribution in [0.1, 0.15) is 5.89 Å². The van der Waals surface area contributed by atoms with Gasteiger partial charge in [0, 0.05) is 23.0 Å². The zero-order valence-electron chi connectivity index (χ0n) is 8.11. The van der Waals surface area contributed by atoms with E-state index < -0.39 is 0 Å². The summed E-state index contributed by atoms with van der Waals surface area (Å²) in [5.74, 6) is 0.690. The summed E-state index contributed by atoms with van der Waals surface area (Å²) in [6, 6.07) is 7.95. The van der Waals surface area contributed by atoms with Crippen molar-refractivity contribution in [3.8, 4) is 11.3 Å². The largest absolute Gasteiger partial charge is 0.448 e. The predicted molar refractivity (Wildman–Crippen MR) is 62.4 cm³/mol. The zero-order valence-corrected chi connectivity index (χ0v) is 9.70. The number of halogens is 1. The van der Waals surface area contributed by atoms with E-state index in [0.29, 0.717) is 18.9 Å². The minimum Gasteiger partial charge on any atom is -0.448 e. The van der Waals surface area contributed by atoms with Gasteiger partial charge in [-0.05, 0) is 12.1 Å². The lowest BCUT2D eigenvalue weighted by atomic mass is 10.2. The van der Waals surface area contributed by atoms with Crippen molar-refractivity contribution in [2.24, 2.45) is 5.73 Å². The molecule has 0 amide bonds. The molecule has 2 N–H and O–H groups in total. The first-order valence-electron chi connectivity index (χ1n) is 4.70. The highest BCUT2D eigenvalue weighted by Crippen LogP contribution is 2.21. The number of rotatable bonds is 3. The first-order chi connectivity index (χ1) is 7.29. The number of aromatic nitrogens is 1. The molecule has 78 valence electrons. The van der Waals surface area contributed by atoms with Gasteiger partial charge in [0.05, 0.1) is 0 Å². The molecule has 0 spiro atoms. The molecule has 0 atom stereocenters. The number of oxazole rings is 1. The molecule has 15 heavy (non-hydrogen) atoms. The second-order valence-electron chi connectivity index (χ2n) is 3.17. The van der Waals surface area contributed by atoms with Gasteiger partial charge in [0.25, 0.3) is 0 Å². The molecule has 0 aliphatic rings. The van der Waals surface area contributed by atoms with Gasteiger partial charge in [-0.1, -0.05) is 28.1 Å². The van der Waals surface area contributed by atoms with Crippen LogP contribution in [-0.4, -0.2) is 11.5 Å². The maximum absolute atomic E-state index is 5.42. The fourth-order valence-corrected chi connectivity index (χ4v) is 1.57. The quantitative estimate of drug-likeness (QED) is 0.929. The van der Waals surface area contributed by atoms with Crippen LogP contribution in [0.15, 0.2) is 39.4 Å².